The number of hydrogen-bond donors (Lipinski definition) is 0. The summed E-state index contributed by atoms with van der Waals surface area (Å²) < 4.78 is 0. The van der Waals surface area contributed by atoms with Crippen LogP contribution in [0.1, 0.15) is 13.8 Å². The Labute approximate surface area is 53.0 Å². The van der Waals surface area contributed by atoms with Gasteiger partial charge in [0.1, 0.15) is 0 Å². The highest BCUT2D eigenvalue weighted by atomic mass is 15.1. The van der Waals surface area contributed by atoms with Gasteiger partial charge in [-0.1, -0.05) is 0 Å². The van der Waals surface area contributed by atoms with Crippen LogP contribution in [0.15, 0.2) is 13.2 Å². The van der Waals surface area contributed by atoms with E-state index in [0.717, 1.165) is 0 Å². The van der Waals surface area contributed by atoms with Crippen molar-refractivity contribution in [1.82, 2.24) is 4.90 Å². The van der Waals surface area contributed by atoms with E-state index < -0.39 is 0 Å². The molecule has 0 atom stereocenters. The summed E-state index contributed by atoms with van der Waals surface area (Å²) in [7, 11) is 4.15. The first-order valence-electron chi connectivity index (χ1n) is 2.81. The monoisotopic (exact) mass is 115 g/mol. The molecule has 0 saturated heterocycles. The molecular formula is C7H17N. The fourth-order valence-electron chi connectivity index (χ4n) is 0. The van der Waals surface area contributed by atoms with Crippen LogP contribution in [0.25, 0.3) is 0 Å². The van der Waals surface area contributed by atoms with Gasteiger partial charge in [-0.2, -0.15) is 0 Å². The molecule has 1 heteroatoms. The van der Waals surface area contributed by atoms with Crippen molar-refractivity contribution in [3.8, 4) is 0 Å². The van der Waals surface area contributed by atoms with E-state index in [2.05, 4.69) is 46.0 Å². The SMILES string of the molecule is C=C.CC(C)N(C)C. The van der Waals surface area contributed by atoms with Crippen LogP contribution in [-0.2, 0) is 0 Å². The third-order valence-corrected chi connectivity index (χ3v) is 1.03. The van der Waals surface area contributed by atoms with Gasteiger partial charge in [0.15, 0.2) is 0 Å². The quantitative estimate of drug-likeness (QED) is 0.471. The van der Waals surface area contributed by atoms with Gasteiger partial charge in [-0.05, 0) is 27.9 Å². The second-order valence-corrected chi connectivity index (χ2v) is 2.06. The summed E-state index contributed by atoms with van der Waals surface area (Å²) in [6.07, 6.45) is 0. The van der Waals surface area contributed by atoms with Gasteiger partial charge < -0.3 is 4.90 Å². The molecule has 0 aromatic heterocycles. The van der Waals surface area contributed by atoms with Gasteiger partial charge in [0.05, 0.1) is 0 Å². The van der Waals surface area contributed by atoms with Crippen LogP contribution >= 0.6 is 0 Å². The molecule has 0 radical (unpaired) electrons. The highest BCUT2D eigenvalue weighted by Crippen LogP contribution is 1.84. The molecule has 8 heavy (non-hydrogen) atoms. The van der Waals surface area contributed by atoms with E-state index in [9.17, 15) is 0 Å². The molecule has 0 fully saturated rings. The molecule has 0 N–H and O–H groups in total. The number of hydrogen-bond acceptors (Lipinski definition) is 1. The van der Waals surface area contributed by atoms with Crippen LogP contribution in [0, 0.1) is 0 Å². The molecule has 0 heterocycles. The maximum atomic E-state index is 3.00. The summed E-state index contributed by atoms with van der Waals surface area (Å²) in [5, 5.41) is 0. The van der Waals surface area contributed by atoms with Crippen LogP contribution in [0.5, 0.6) is 0 Å². The lowest BCUT2D eigenvalue weighted by atomic mass is 10.4. The standard InChI is InChI=1S/C5H13N.C2H4/c1-5(2)6(3)4;1-2/h5H,1-4H3;1-2H2. The topological polar surface area (TPSA) is 3.24 Å². The summed E-state index contributed by atoms with van der Waals surface area (Å²) in [5.41, 5.74) is 0. The summed E-state index contributed by atoms with van der Waals surface area (Å²) >= 11 is 0. The van der Waals surface area contributed by atoms with Gasteiger partial charge in [-0.25, -0.2) is 0 Å². The molecule has 0 amide bonds. The molecule has 0 spiro atoms. The zero-order chi connectivity index (χ0) is 7.15. The van der Waals surface area contributed by atoms with Crippen molar-refractivity contribution in [2.45, 2.75) is 19.9 Å². The molecule has 0 unspecified atom stereocenters. The van der Waals surface area contributed by atoms with E-state index in [0.29, 0.717) is 6.04 Å². The van der Waals surface area contributed by atoms with E-state index in [4.69, 9.17) is 0 Å². The first kappa shape index (κ1) is 10.6. The maximum Gasteiger partial charge on any atom is 0.00324 e. The van der Waals surface area contributed by atoms with Crippen molar-refractivity contribution < 1.29 is 0 Å². The molecule has 0 aromatic carbocycles. The zero-order valence-electron chi connectivity index (χ0n) is 6.44. The van der Waals surface area contributed by atoms with Crippen LogP contribution < -0.4 is 0 Å². The molecule has 1 nitrogen and oxygen atoms in total. The largest absolute Gasteiger partial charge is 0.307 e. The van der Waals surface area contributed by atoms with Crippen LogP contribution in [0.4, 0.5) is 0 Å². The molecule has 0 bridgehead atoms. The van der Waals surface area contributed by atoms with Crippen molar-refractivity contribution in [2.24, 2.45) is 0 Å². The molecule has 0 aliphatic rings. The van der Waals surface area contributed by atoms with E-state index >= 15 is 0 Å². The third-order valence-electron chi connectivity index (χ3n) is 1.03. The van der Waals surface area contributed by atoms with Crippen molar-refractivity contribution >= 4 is 0 Å². The van der Waals surface area contributed by atoms with Gasteiger partial charge >= 0.3 is 0 Å². The average molecular weight is 115 g/mol. The number of rotatable bonds is 1. The minimum absolute atomic E-state index is 0.685. The number of nitrogens with zero attached hydrogens (tertiary/aromatic N) is 1. The van der Waals surface area contributed by atoms with E-state index in [1.54, 1.807) is 0 Å². The van der Waals surface area contributed by atoms with Crippen molar-refractivity contribution in [1.29, 1.82) is 0 Å². The Morgan fingerprint density at radius 2 is 1.25 bits per heavy atom. The van der Waals surface area contributed by atoms with Crippen molar-refractivity contribution in [3.63, 3.8) is 0 Å². The Morgan fingerprint density at radius 3 is 1.25 bits per heavy atom. The smallest absolute Gasteiger partial charge is 0.00324 e. The zero-order valence-corrected chi connectivity index (χ0v) is 6.44. The van der Waals surface area contributed by atoms with Crippen molar-refractivity contribution in [2.75, 3.05) is 14.1 Å². The van der Waals surface area contributed by atoms with Gasteiger partial charge in [0.2, 0.25) is 0 Å². The van der Waals surface area contributed by atoms with E-state index in [1.807, 2.05) is 0 Å². The Hall–Kier alpha value is -0.300. The van der Waals surface area contributed by atoms with Gasteiger partial charge in [0, 0.05) is 6.04 Å². The minimum Gasteiger partial charge on any atom is -0.307 e. The maximum absolute atomic E-state index is 3.00. The summed E-state index contributed by atoms with van der Waals surface area (Å²) in [6, 6.07) is 0.685. The Balaban J connectivity index is 0. The first-order valence-corrected chi connectivity index (χ1v) is 2.81. The summed E-state index contributed by atoms with van der Waals surface area (Å²) in [5.74, 6) is 0. The van der Waals surface area contributed by atoms with Crippen LogP contribution in [0.3, 0.4) is 0 Å². The molecule has 0 saturated carbocycles. The fraction of sp³-hybridized carbons (Fsp3) is 0.714. The minimum atomic E-state index is 0.685. The molecule has 0 aromatic rings. The Bertz CT molecular complexity index is 33.7. The predicted octanol–water partition coefficient (Wildman–Crippen LogP) is 1.76. The lowest BCUT2D eigenvalue weighted by Gasteiger charge is -2.12. The normalized spacial score (nSPS) is 8.75. The van der Waals surface area contributed by atoms with Gasteiger partial charge in [-0.15, -0.1) is 13.2 Å². The third kappa shape index (κ3) is 9.20. The highest BCUT2D eigenvalue weighted by Gasteiger charge is 1.90. The fourth-order valence-corrected chi connectivity index (χ4v) is 0. The lowest BCUT2D eigenvalue weighted by molar-refractivity contribution is 0.335. The molecule has 0 aliphatic carbocycles. The average Bonchev–Trinajstić information content (AvgIpc) is 1.72. The van der Waals surface area contributed by atoms with E-state index in [1.165, 1.54) is 0 Å². The van der Waals surface area contributed by atoms with Crippen LogP contribution in [0.2, 0.25) is 0 Å². The summed E-state index contributed by atoms with van der Waals surface area (Å²) in [4.78, 5) is 2.17. The summed E-state index contributed by atoms with van der Waals surface area (Å²) in [6.45, 7) is 10.3. The molecule has 50 valence electrons. The lowest BCUT2D eigenvalue weighted by Crippen LogP contribution is -2.20. The van der Waals surface area contributed by atoms with Crippen molar-refractivity contribution in [3.05, 3.63) is 13.2 Å². The molecule has 0 aliphatic heterocycles. The van der Waals surface area contributed by atoms with Gasteiger partial charge in [-0.3, -0.25) is 0 Å². The molecule has 0 rings (SSSR count). The van der Waals surface area contributed by atoms with Gasteiger partial charge in [0.25, 0.3) is 0 Å². The van der Waals surface area contributed by atoms with Crippen LogP contribution in [-0.4, -0.2) is 25.0 Å². The Morgan fingerprint density at radius 1 is 1.12 bits per heavy atom. The first-order chi connectivity index (χ1) is 3.64. The second-order valence-electron chi connectivity index (χ2n) is 2.06. The second kappa shape index (κ2) is 6.70. The van der Waals surface area contributed by atoms with E-state index in [-0.39, 0.29) is 0 Å². The Kier molecular flexibility index (Phi) is 8.91. The predicted molar refractivity (Wildman–Crippen MR) is 40.1 cm³/mol. The highest BCUT2D eigenvalue weighted by molar-refractivity contribution is 4.46. The molecular weight excluding hydrogens is 98.1 g/mol.